The molecule has 0 bridgehead atoms. The van der Waals surface area contributed by atoms with Gasteiger partial charge in [0.05, 0.1) is 7.11 Å². The van der Waals surface area contributed by atoms with Gasteiger partial charge in [-0.2, -0.15) is 0 Å². The summed E-state index contributed by atoms with van der Waals surface area (Å²) in [4.78, 5) is 11.1. The fraction of sp³-hybridized carbons (Fsp3) is 0.667. The van der Waals surface area contributed by atoms with E-state index in [-0.39, 0.29) is 11.9 Å². The quantitative estimate of drug-likeness (QED) is 0.540. The van der Waals surface area contributed by atoms with Crippen LogP contribution in [0.3, 0.4) is 0 Å². The standard InChI is InChI=1S/C9H18NO5P/c1-7(16(12,14-4)15-5)6-10-8(2)9(11)13-3/h8,10H,1,6H2,2-5H3. The summed E-state index contributed by atoms with van der Waals surface area (Å²) in [7, 11) is 0.574. The zero-order valence-corrected chi connectivity index (χ0v) is 10.9. The number of rotatable bonds is 7. The Morgan fingerprint density at radius 2 is 1.88 bits per heavy atom. The molecule has 0 aromatic carbocycles. The second kappa shape index (κ2) is 6.81. The Bertz CT molecular complexity index is 296. The lowest BCUT2D eigenvalue weighted by Gasteiger charge is -2.18. The van der Waals surface area contributed by atoms with Crippen LogP contribution in [0.2, 0.25) is 0 Å². The van der Waals surface area contributed by atoms with Crippen LogP contribution in [-0.2, 0) is 23.1 Å². The Morgan fingerprint density at radius 1 is 1.38 bits per heavy atom. The van der Waals surface area contributed by atoms with Gasteiger partial charge in [-0.15, -0.1) is 0 Å². The van der Waals surface area contributed by atoms with E-state index >= 15 is 0 Å². The summed E-state index contributed by atoms with van der Waals surface area (Å²) < 4.78 is 25.8. The van der Waals surface area contributed by atoms with Crippen LogP contribution in [0.1, 0.15) is 6.92 Å². The zero-order valence-electron chi connectivity index (χ0n) is 9.98. The average molecular weight is 251 g/mol. The van der Waals surface area contributed by atoms with E-state index in [0.29, 0.717) is 0 Å². The van der Waals surface area contributed by atoms with E-state index in [0.717, 1.165) is 0 Å². The predicted octanol–water partition coefficient (Wildman–Crippen LogP) is 1.14. The Balaban J connectivity index is 4.27. The summed E-state index contributed by atoms with van der Waals surface area (Å²) in [6.45, 7) is 5.37. The van der Waals surface area contributed by atoms with Gasteiger partial charge in [0, 0.05) is 26.1 Å². The number of methoxy groups -OCH3 is 1. The maximum absolute atomic E-state index is 11.8. The molecule has 0 spiro atoms. The molecule has 0 saturated heterocycles. The van der Waals surface area contributed by atoms with Gasteiger partial charge >= 0.3 is 13.6 Å². The molecule has 0 aliphatic rings. The summed E-state index contributed by atoms with van der Waals surface area (Å²) in [5.41, 5.74) is 0. The molecule has 1 unspecified atom stereocenters. The Kier molecular flexibility index (Phi) is 6.52. The van der Waals surface area contributed by atoms with Crippen molar-refractivity contribution in [3.8, 4) is 0 Å². The van der Waals surface area contributed by atoms with Gasteiger partial charge in [-0.3, -0.25) is 9.36 Å². The normalized spacial score (nSPS) is 13.2. The van der Waals surface area contributed by atoms with Gasteiger partial charge in [0.1, 0.15) is 6.04 Å². The van der Waals surface area contributed by atoms with Crippen LogP contribution >= 0.6 is 7.60 Å². The second-order valence-electron chi connectivity index (χ2n) is 3.05. The van der Waals surface area contributed by atoms with Gasteiger partial charge < -0.3 is 19.1 Å². The van der Waals surface area contributed by atoms with Crippen molar-refractivity contribution in [1.82, 2.24) is 5.32 Å². The molecule has 16 heavy (non-hydrogen) atoms. The summed E-state index contributed by atoms with van der Waals surface area (Å²) in [5.74, 6) is -0.405. The molecule has 0 aliphatic carbocycles. The number of nitrogens with one attached hydrogen (secondary N) is 1. The topological polar surface area (TPSA) is 73.9 Å². The zero-order chi connectivity index (χ0) is 12.8. The molecule has 0 aromatic heterocycles. The van der Waals surface area contributed by atoms with E-state index in [1.165, 1.54) is 21.3 Å². The van der Waals surface area contributed by atoms with Gasteiger partial charge in [-0.25, -0.2) is 0 Å². The van der Waals surface area contributed by atoms with Crippen molar-refractivity contribution in [3.63, 3.8) is 0 Å². The van der Waals surface area contributed by atoms with Gasteiger partial charge in [0.15, 0.2) is 0 Å². The molecule has 0 radical (unpaired) electrons. The van der Waals surface area contributed by atoms with Crippen molar-refractivity contribution in [3.05, 3.63) is 11.9 Å². The van der Waals surface area contributed by atoms with Crippen molar-refractivity contribution in [2.75, 3.05) is 27.9 Å². The molecule has 0 fully saturated rings. The van der Waals surface area contributed by atoms with Crippen LogP contribution in [-0.4, -0.2) is 39.9 Å². The van der Waals surface area contributed by atoms with Crippen molar-refractivity contribution in [1.29, 1.82) is 0 Å². The molecule has 1 N–H and O–H groups in total. The van der Waals surface area contributed by atoms with Crippen LogP contribution in [0.4, 0.5) is 0 Å². The van der Waals surface area contributed by atoms with Crippen molar-refractivity contribution in [2.45, 2.75) is 13.0 Å². The minimum atomic E-state index is -3.28. The number of esters is 1. The molecule has 0 aliphatic heterocycles. The van der Waals surface area contributed by atoms with Crippen LogP contribution in [0.25, 0.3) is 0 Å². The minimum absolute atomic E-state index is 0.148. The highest BCUT2D eigenvalue weighted by molar-refractivity contribution is 7.58. The van der Waals surface area contributed by atoms with E-state index in [4.69, 9.17) is 9.05 Å². The number of hydrogen-bond donors (Lipinski definition) is 1. The molecule has 0 aromatic rings. The largest absolute Gasteiger partial charge is 0.468 e. The van der Waals surface area contributed by atoms with Crippen molar-refractivity contribution >= 4 is 13.6 Å². The number of ether oxygens (including phenoxy) is 1. The van der Waals surface area contributed by atoms with Gasteiger partial charge in [0.2, 0.25) is 0 Å². The first-order valence-electron chi connectivity index (χ1n) is 4.62. The lowest BCUT2D eigenvalue weighted by atomic mass is 10.3. The smallest absolute Gasteiger partial charge is 0.357 e. The second-order valence-corrected chi connectivity index (χ2v) is 5.41. The molecule has 94 valence electrons. The van der Waals surface area contributed by atoms with Gasteiger partial charge in [-0.05, 0) is 6.92 Å². The highest BCUT2D eigenvalue weighted by Gasteiger charge is 2.26. The summed E-state index contributed by atoms with van der Waals surface area (Å²) in [6.07, 6.45) is 0. The van der Waals surface area contributed by atoms with Crippen LogP contribution in [0.5, 0.6) is 0 Å². The summed E-state index contributed by atoms with van der Waals surface area (Å²) in [5, 5.41) is 3.06. The third-order valence-electron chi connectivity index (χ3n) is 2.04. The first-order chi connectivity index (χ1) is 7.41. The molecular formula is C9H18NO5P. The van der Waals surface area contributed by atoms with E-state index in [9.17, 15) is 9.36 Å². The average Bonchev–Trinajstić information content (AvgIpc) is 2.33. The van der Waals surface area contributed by atoms with E-state index in [1.54, 1.807) is 6.92 Å². The molecule has 1 atom stereocenters. The van der Waals surface area contributed by atoms with Crippen LogP contribution in [0.15, 0.2) is 11.9 Å². The molecular weight excluding hydrogens is 233 g/mol. The van der Waals surface area contributed by atoms with Gasteiger partial charge in [0.25, 0.3) is 0 Å². The lowest BCUT2D eigenvalue weighted by molar-refractivity contribution is -0.142. The van der Waals surface area contributed by atoms with Crippen molar-refractivity contribution in [2.24, 2.45) is 0 Å². The fourth-order valence-electron chi connectivity index (χ4n) is 0.961. The van der Waals surface area contributed by atoms with Gasteiger partial charge in [-0.1, -0.05) is 6.58 Å². The highest BCUT2D eigenvalue weighted by atomic mass is 31.2. The molecule has 0 saturated carbocycles. The van der Waals surface area contributed by atoms with Crippen LogP contribution < -0.4 is 5.32 Å². The molecule has 7 heteroatoms. The Labute approximate surface area is 95.5 Å². The first-order valence-corrected chi connectivity index (χ1v) is 6.16. The highest BCUT2D eigenvalue weighted by Crippen LogP contribution is 2.53. The third kappa shape index (κ3) is 4.06. The molecule has 0 amide bonds. The number of carbonyl (C=O) groups excluding carboxylic acids is 1. The van der Waals surface area contributed by atoms with E-state index < -0.39 is 19.6 Å². The molecule has 0 rings (SSSR count). The lowest BCUT2D eigenvalue weighted by Crippen LogP contribution is -2.35. The predicted molar refractivity (Wildman–Crippen MR) is 60.2 cm³/mol. The monoisotopic (exact) mass is 251 g/mol. The van der Waals surface area contributed by atoms with Crippen LogP contribution in [0, 0.1) is 0 Å². The van der Waals surface area contributed by atoms with E-state index in [2.05, 4.69) is 16.6 Å². The fourth-order valence-corrected chi connectivity index (χ4v) is 1.91. The third-order valence-corrected chi connectivity index (χ3v) is 3.93. The number of hydrogen-bond acceptors (Lipinski definition) is 6. The summed E-state index contributed by atoms with van der Waals surface area (Å²) >= 11 is 0. The maximum atomic E-state index is 11.8. The SMILES string of the molecule is C=C(CNC(C)C(=O)OC)P(=O)(OC)OC. The number of carbonyl (C=O) groups is 1. The first kappa shape index (κ1) is 15.3. The molecule has 6 nitrogen and oxygen atoms in total. The Morgan fingerprint density at radius 3 is 2.25 bits per heavy atom. The maximum Gasteiger partial charge on any atom is 0.357 e. The van der Waals surface area contributed by atoms with Crippen molar-refractivity contribution < 1.29 is 23.1 Å². The molecule has 0 heterocycles. The van der Waals surface area contributed by atoms with E-state index in [1.807, 2.05) is 0 Å². The minimum Gasteiger partial charge on any atom is -0.468 e. The summed E-state index contributed by atoms with van der Waals surface area (Å²) in [6, 6.07) is -0.510. The Hall–Kier alpha value is -0.680.